The average Bonchev–Trinajstić information content (AvgIpc) is 2.68. The lowest BCUT2D eigenvalue weighted by Crippen LogP contribution is -2.17. The fourth-order valence-electron chi connectivity index (χ4n) is 3.09. The van der Waals surface area contributed by atoms with Crippen LogP contribution in [0.4, 0.5) is 0 Å². The number of aryl methyl sites for hydroxylation is 2. The van der Waals surface area contributed by atoms with E-state index in [0.717, 1.165) is 0 Å². The van der Waals surface area contributed by atoms with Crippen LogP contribution in [0.15, 0.2) is 18.2 Å². The van der Waals surface area contributed by atoms with E-state index >= 15 is 0 Å². The molecule has 0 atom stereocenters. The van der Waals surface area contributed by atoms with Crippen LogP contribution in [0.3, 0.4) is 0 Å². The Morgan fingerprint density at radius 3 is 2.18 bits per heavy atom. The van der Waals surface area contributed by atoms with Gasteiger partial charge >= 0.3 is 0 Å². The summed E-state index contributed by atoms with van der Waals surface area (Å²) in [7, 11) is 0. The SMILES string of the molecule is CC(C)(C)[C]1C=Cc2cc3c(cc21)CCCC3. The number of rotatable bonds is 0. The number of benzene rings is 1. The van der Waals surface area contributed by atoms with Crippen LogP contribution in [-0.4, -0.2) is 0 Å². The standard InChI is InChI=1S/C17H21/c1-17(2,3)16-9-8-14-10-12-6-4-5-7-13(12)11-15(14)16/h8-11H,4-7H2,1-3H3. The van der Waals surface area contributed by atoms with Crippen LogP contribution in [0.2, 0.25) is 0 Å². The minimum absolute atomic E-state index is 0.255. The lowest BCUT2D eigenvalue weighted by molar-refractivity contribution is 0.470. The monoisotopic (exact) mass is 225 g/mol. The molecule has 1 aromatic carbocycles. The summed E-state index contributed by atoms with van der Waals surface area (Å²) in [6, 6.07) is 4.89. The Kier molecular flexibility index (Phi) is 2.43. The summed E-state index contributed by atoms with van der Waals surface area (Å²) in [6.07, 6.45) is 9.90. The molecule has 0 spiro atoms. The highest BCUT2D eigenvalue weighted by molar-refractivity contribution is 5.71. The lowest BCUT2D eigenvalue weighted by atomic mass is 9.76. The summed E-state index contributed by atoms with van der Waals surface area (Å²) in [5, 5.41) is 0. The second-order valence-electron chi connectivity index (χ2n) is 6.41. The molecule has 89 valence electrons. The van der Waals surface area contributed by atoms with Gasteiger partial charge in [0.2, 0.25) is 0 Å². The molecule has 3 rings (SSSR count). The Morgan fingerprint density at radius 2 is 1.53 bits per heavy atom. The molecule has 0 nitrogen and oxygen atoms in total. The molecular formula is C17H21. The Morgan fingerprint density at radius 1 is 0.882 bits per heavy atom. The number of fused-ring (bicyclic) bond motifs is 2. The van der Waals surface area contributed by atoms with Gasteiger partial charge in [0, 0.05) is 5.92 Å². The van der Waals surface area contributed by atoms with Gasteiger partial charge in [-0.2, -0.15) is 0 Å². The first-order valence-electron chi connectivity index (χ1n) is 6.77. The highest BCUT2D eigenvalue weighted by Crippen LogP contribution is 2.43. The molecule has 1 radical (unpaired) electrons. The van der Waals surface area contributed by atoms with E-state index in [1.165, 1.54) is 42.7 Å². The third kappa shape index (κ3) is 1.84. The topological polar surface area (TPSA) is 0 Å². The molecule has 0 amide bonds. The maximum absolute atomic E-state index is 2.46. The van der Waals surface area contributed by atoms with Gasteiger partial charge in [-0.05, 0) is 53.4 Å². The van der Waals surface area contributed by atoms with Crippen LogP contribution in [-0.2, 0) is 12.8 Å². The van der Waals surface area contributed by atoms with E-state index in [-0.39, 0.29) is 5.41 Å². The van der Waals surface area contributed by atoms with E-state index in [0.29, 0.717) is 0 Å². The Balaban J connectivity index is 2.07. The Hall–Kier alpha value is -1.04. The van der Waals surface area contributed by atoms with E-state index in [1.54, 1.807) is 11.1 Å². The van der Waals surface area contributed by atoms with Gasteiger partial charge in [0.15, 0.2) is 0 Å². The van der Waals surface area contributed by atoms with E-state index in [2.05, 4.69) is 45.1 Å². The quantitative estimate of drug-likeness (QED) is 0.607. The van der Waals surface area contributed by atoms with Gasteiger partial charge < -0.3 is 0 Å². The van der Waals surface area contributed by atoms with Crippen molar-refractivity contribution in [3.8, 4) is 0 Å². The van der Waals surface area contributed by atoms with Gasteiger partial charge in [0.1, 0.15) is 0 Å². The minimum atomic E-state index is 0.255. The molecular weight excluding hydrogens is 204 g/mol. The maximum Gasteiger partial charge on any atom is 0.0326 e. The molecule has 1 aromatic rings. The lowest BCUT2D eigenvalue weighted by Gasteiger charge is -2.27. The number of allylic oxidation sites excluding steroid dienone is 1. The molecule has 0 aliphatic heterocycles. The van der Waals surface area contributed by atoms with Crippen LogP contribution in [0, 0.1) is 11.3 Å². The highest BCUT2D eigenvalue weighted by Gasteiger charge is 2.30. The third-order valence-electron chi connectivity index (χ3n) is 4.04. The molecule has 0 bridgehead atoms. The van der Waals surface area contributed by atoms with Gasteiger partial charge in [0.05, 0.1) is 0 Å². The van der Waals surface area contributed by atoms with Crippen molar-refractivity contribution >= 4 is 6.08 Å². The minimum Gasteiger partial charge on any atom is -0.0716 e. The van der Waals surface area contributed by atoms with Crippen molar-refractivity contribution in [2.45, 2.75) is 46.5 Å². The molecule has 2 aliphatic carbocycles. The second-order valence-corrected chi connectivity index (χ2v) is 6.41. The van der Waals surface area contributed by atoms with Gasteiger partial charge in [-0.3, -0.25) is 0 Å². The summed E-state index contributed by atoms with van der Waals surface area (Å²) in [4.78, 5) is 0. The zero-order valence-corrected chi connectivity index (χ0v) is 11.1. The predicted octanol–water partition coefficient (Wildman–Crippen LogP) is 4.56. The zero-order valence-electron chi connectivity index (χ0n) is 11.1. The van der Waals surface area contributed by atoms with E-state index < -0.39 is 0 Å². The summed E-state index contributed by atoms with van der Waals surface area (Å²) < 4.78 is 0. The molecule has 0 saturated heterocycles. The van der Waals surface area contributed by atoms with Crippen molar-refractivity contribution < 1.29 is 0 Å². The molecule has 0 unspecified atom stereocenters. The van der Waals surface area contributed by atoms with Crippen LogP contribution in [0.1, 0.15) is 55.9 Å². The van der Waals surface area contributed by atoms with E-state index in [9.17, 15) is 0 Å². The van der Waals surface area contributed by atoms with Crippen molar-refractivity contribution in [1.82, 2.24) is 0 Å². The predicted molar refractivity (Wildman–Crippen MR) is 73.9 cm³/mol. The molecule has 0 fully saturated rings. The number of hydrogen-bond donors (Lipinski definition) is 0. The largest absolute Gasteiger partial charge is 0.0716 e. The summed E-state index contributed by atoms with van der Waals surface area (Å²) in [5.41, 5.74) is 6.37. The molecule has 17 heavy (non-hydrogen) atoms. The van der Waals surface area contributed by atoms with Crippen molar-refractivity contribution in [3.63, 3.8) is 0 Å². The average molecular weight is 225 g/mol. The van der Waals surface area contributed by atoms with Crippen molar-refractivity contribution in [2.75, 3.05) is 0 Å². The molecule has 0 aromatic heterocycles. The van der Waals surface area contributed by atoms with Crippen molar-refractivity contribution in [1.29, 1.82) is 0 Å². The first-order valence-corrected chi connectivity index (χ1v) is 6.77. The first-order chi connectivity index (χ1) is 8.05. The van der Waals surface area contributed by atoms with Gasteiger partial charge in [-0.15, -0.1) is 0 Å². The van der Waals surface area contributed by atoms with Crippen molar-refractivity contribution in [2.24, 2.45) is 5.41 Å². The van der Waals surface area contributed by atoms with Gasteiger partial charge in [-0.25, -0.2) is 0 Å². The van der Waals surface area contributed by atoms with Crippen LogP contribution >= 0.6 is 0 Å². The fourth-order valence-corrected chi connectivity index (χ4v) is 3.09. The summed E-state index contributed by atoms with van der Waals surface area (Å²) in [6.45, 7) is 6.92. The maximum atomic E-state index is 2.46. The van der Waals surface area contributed by atoms with Gasteiger partial charge in [0.25, 0.3) is 0 Å². The molecule has 0 N–H and O–H groups in total. The van der Waals surface area contributed by atoms with Gasteiger partial charge in [-0.1, -0.05) is 45.1 Å². The van der Waals surface area contributed by atoms with E-state index in [4.69, 9.17) is 0 Å². The third-order valence-corrected chi connectivity index (χ3v) is 4.04. The molecule has 0 heteroatoms. The summed E-state index contributed by atoms with van der Waals surface area (Å²) in [5.74, 6) is 1.50. The molecule has 2 aliphatic rings. The van der Waals surface area contributed by atoms with E-state index in [1.807, 2.05) is 0 Å². The van der Waals surface area contributed by atoms with Crippen LogP contribution < -0.4 is 0 Å². The first kappa shape index (κ1) is 11.1. The van der Waals surface area contributed by atoms with Crippen molar-refractivity contribution in [3.05, 3.63) is 46.4 Å². The zero-order chi connectivity index (χ0) is 12.0. The highest BCUT2D eigenvalue weighted by atomic mass is 14.3. The van der Waals surface area contributed by atoms with Crippen LogP contribution in [0.5, 0.6) is 0 Å². The summed E-state index contributed by atoms with van der Waals surface area (Å²) >= 11 is 0. The smallest absolute Gasteiger partial charge is 0.0326 e. The Bertz CT molecular complexity index is 472. The number of hydrogen-bond acceptors (Lipinski definition) is 0. The Labute approximate surface area is 105 Å². The normalized spacial score (nSPS) is 19.2. The second kappa shape index (κ2) is 3.73. The van der Waals surface area contributed by atoms with Crippen LogP contribution in [0.25, 0.3) is 6.08 Å². The molecule has 0 heterocycles. The fraction of sp³-hybridized carbons (Fsp3) is 0.471. The molecule has 0 saturated carbocycles.